The Morgan fingerprint density at radius 2 is 1.76 bits per heavy atom. The largest absolute Gasteiger partial charge is 0.497 e. The van der Waals surface area contributed by atoms with Crippen molar-refractivity contribution in [1.82, 2.24) is 10.6 Å². The molecule has 0 bridgehead atoms. The van der Waals surface area contributed by atoms with Crippen LogP contribution in [-0.4, -0.2) is 31.6 Å². The van der Waals surface area contributed by atoms with Crippen LogP contribution in [-0.2, 0) is 4.79 Å². The maximum absolute atomic E-state index is 12.9. The lowest BCUT2D eigenvalue weighted by molar-refractivity contribution is -0.118. The molecule has 3 rings (SSSR count). The van der Waals surface area contributed by atoms with Gasteiger partial charge >= 0.3 is 0 Å². The minimum absolute atomic E-state index is 0.0591. The number of hydrogen-bond donors (Lipinski definition) is 2. The second kappa shape index (κ2) is 11.0. The van der Waals surface area contributed by atoms with E-state index in [1.807, 2.05) is 39.0 Å². The van der Waals surface area contributed by atoms with Crippen molar-refractivity contribution < 1.29 is 23.5 Å². The van der Waals surface area contributed by atoms with Gasteiger partial charge in [0.1, 0.15) is 29.6 Å². The zero-order valence-corrected chi connectivity index (χ0v) is 19.2. The van der Waals surface area contributed by atoms with Crippen LogP contribution in [0.4, 0.5) is 0 Å². The van der Waals surface area contributed by atoms with E-state index >= 15 is 0 Å². The second-order valence-corrected chi connectivity index (χ2v) is 7.69. The number of benzene rings is 2. The number of ether oxygens (including phenoxy) is 2. The van der Waals surface area contributed by atoms with Gasteiger partial charge in [-0.05, 0) is 80.4 Å². The summed E-state index contributed by atoms with van der Waals surface area (Å²) in [6.45, 7) is 6.16. The number of amides is 2. The number of carbonyl (C=O) groups is 2. The number of methoxy groups -OCH3 is 1. The molecule has 0 fully saturated rings. The molecule has 7 heteroatoms. The highest BCUT2D eigenvalue weighted by Gasteiger charge is 2.18. The van der Waals surface area contributed by atoms with Gasteiger partial charge in [-0.15, -0.1) is 0 Å². The predicted molar refractivity (Wildman–Crippen MR) is 126 cm³/mol. The Morgan fingerprint density at radius 3 is 2.39 bits per heavy atom. The van der Waals surface area contributed by atoms with Crippen LogP contribution in [0.15, 0.2) is 71.0 Å². The van der Waals surface area contributed by atoms with E-state index in [0.29, 0.717) is 17.1 Å². The molecule has 33 heavy (non-hydrogen) atoms. The molecular formula is C26H28N2O5. The number of rotatable bonds is 9. The summed E-state index contributed by atoms with van der Waals surface area (Å²) in [6.07, 6.45) is 2.97. The Morgan fingerprint density at radius 1 is 1.03 bits per heavy atom. The highest BCUT2D eigenvalue weighted by atomic mass is 16.5. The third-order valence-electron chi connectivity index (χ3n) is 5.03. The van der Waals surface area contributed by atoms with Gasteiger partial charge in [0, 0.05) is 11.6 Å². The normalized spacial score (nSPS) is 12.1. The summed E-state index contributed by atoms with van der Waals surface area (Å²) in [6, 6.07) is 15.5. The molecule has 172 valence electrons. The van der Waals surface area contributed by atoms with Crippen molar-refractivity contribution in [2.75, 3.05) is 13.7 Å². The van der Waals surface area contributed by atoms with Crippen LogP contribution in [0.2, 0.25) is 0 Å². The summed E-state index contributed by atoms with van der Waals surface area (Å²) in [5.74, 6) is 0.926. The average Bonchev–Trinajstić information content (AvgIpc) is 3.32. The lowest BCUT2D eigenvalue weighted by atomic mass is 10.1. The van der Waals surface area contributed by atoms with Gasteiger partial charge in [-0.1, -0.05) is 6.07 Å². The summed E-state index contributed by atoms with van der Waals surface area (Å²) in [7, 11) is 1.55. The van der Waals surface area contributed by atoms with Crippen LogP contribution in [0.5, 0.6) is 11.5 Å². The number of carbonyl (C=O) groups excluding carboxylic acids is 2. The van der Waals surface area contributed by atoms with Gasteiger partial charge in [-0.25, -0.2) is 0 Å². The van der Waals surface area contributed by atoms with Crippen molar-refractivity contribution in [2.45, 2.75) is 26.8 Å². The van der Waals surface area contributed by atoms with Gasteiger partial charge in [0.2, 0.25) is 0 Å². The van der Waals surface area contributed by atoms with Gasteiger partial charge in [0.15, 0.2) is 0 Å². The number of nitrogens with one attached hydrogen (secondary N) is 2. The maximum atomic E-state index is 12.9. The zero-order valence-electron chi connectivity index (χ0n) is 19.2. The van der Waals surface area contributed by atoms with Crippen LogP contribution in [0, 0.1) is 13.8 Å². The van der Waals surface area contributed by atoms with E-state index in [2.05, 4.69) is 10.6 Å². The Labute approximate surface area is 193 Å². The molecule has 1 atom stereocenters. The molecule has 7 nitrogen and oxygen atoms in total. The summed E-state index contributed by atoms with van der Waals surface area (Å²) in [4.78, 5) is 25.7. The second-order valence-electron chi connectivity index (χ2n) is 7.69. The first-order chi connectivity index (χ1) is 15.9. The highest BCUT2D eigenvalue weighted by Crippen LogP contribution is 2.17. The summed E-state index contributed by atoms with van der Waals surface area (Å²) >= 11 is 0. The van der Waals surface area contributed by atoms with Crippen molar-refractivity contribution in [2.24, 2.45) is 0 Å². The fourth-order valence-electron chi connectivity index (χ4n) is 2.98. The molecule has 2 amide bonds. The van der Waals surface area contributed by atoms with Crippen LogP contribution in [0.1, 0.15) is 34.2 Å². The van der Waals surface area contributed by atoms with Crippen LogP contribution >= 0.6 is 0 Å². The van der Waals surface area contributed by atoms with Crippen molar-refractivity contribution in [3.8, 4) is 11.5 Å². The SMILES string of the molecule is COc1ccc(C(=O)N/C(=C\c2ccco2)C(=O)N[C@@H](C)COc2ccc(C)c(C)c2)cc1. The lowest BCUT2D eigenvalue weighted by Gasteiger charge is -2.17. The van der Waals surface area contributed by atoms with Gasteiger partial charge in [-0.2, -0.15) is 0 Å². The zero-order chi connectivity index (χ0) is 23.8. The predicted octanol–water partition coefficient (Wildman–Crippen LogP) is 4.26. The fraction of sp³-hybridized carbons (Fsp3) is 0.231. The molecule has 1 aromatic heterocycles. The van der Waals surface area contributed by atoms with Crippen molar-refractivity contribution in [3.63, 3.8) is 0 Å². The van der Waals surface area contributed by atoms with Gasteiger partial charge in [0.25, 0.3) is 11.8 Å². The number of furan rings is 1. The van der Waals surface area contributed by atoms with Crippen LogP contribution < -0.4 is 20.1 Å². The standard InChI is InChI=1S/C26H28N2O5/c1-17-7-10-23(14-18(17)2)33-16-19(3)27-26(30)24(15-22-6-5-13-32-22)28-25(29)20-8-11-21(31-4)12-9-20/h5-15,19H,16H2,1-4H3,(H,27,30)(H,28,29)/b24-15-/t19-/m0/s1. The molecule has 0 radical (unpaired) electrons. The van der Waals surface area contributed by atoms with Crippen molar-refractivity contribution in [1.29, 1.82) is 0 Å². The Hall–Kier alpha value is -4.00. The molecule has 0 aliphatic rings. The van der Waals surface area contributed by atoms with E-state index in [1.54, 1.807) is 43.5 Å². The first-order valence-corrected chi connectivity index (χ1v) is 10.6. The molecule has 0 aliphatic heterocycles. The van der Waals surface area contributed by atoms with E-state index < -0.39 is 11.8 Å². The highest BCUT2D eigenvalue weighted by molar-refractivity contribution is 6.05. The quantitative estimate of drug-likeness (QED) is 0.478. The monoisotopic (exact) mass is 448 g/mol. The smallest absolute Gasteiger partial charge is 0.268 e. The third-order valence-corrected chi connectivity index (χ3v) is 5.03. The summed E-state index contributed by atoms with van der Waals surface area (Å²) < 4.78 is 16.2. The fourth-order valence-corrected chi connectivity index (χ4v) is 2.98. The first-order valence-electron chi connectivity index (χ1n) is 10.6. The molecule has 0 saturated heterocycles. The van der Waals surface area contributed by atoms with Crippen molar-refractivity contribution >= 4 is 17.9 Å². The van der Waals surface area contributed by atoms with E-state index in [0.717, 1.165) is 11.3 Å². The van der Waals surface area contributed by atoms with Gasteiger partial charge < -0.3 is 24.5 Å². The minimum atomic E-state index is -0.454. The first kappa shape index (κ1) is 23.7. The molecule has 3 aromatic rings. The third kappa shape index (κ3) is 6.74. The van der Waals surface area contributed by atoms with Crippen molar-refractivity contribution in [3.05, 3.63) is 89.0 Å². The molecule has 2 N–H and O–H groups in total. The Kier molecular flexibility index (Phi) is 7.91. The molecule has 1 heterocycles. The number of aryl methyl sites for hydroxylation is 2. The van der Waals surface area contributed by atoms with E-state index in [1.165, 1.54) is 17.9 Å². The van der Waals surface area contributed by atoms with E-state index in [-0.39, 0.29) is 18.3 Å². The topological polar surface area (TPSA) is 89.8 Å². The molecular weight excluding hydrogens is 420 g/mol. The van der Waals surface area contributed by atoms with Gasteiger partial charge in [0.05, 0.1) is 19.4 Å². The maximum Gasteiger partial charge on any atom is 0.268 e. The van der Waals surface area contributed by atoms with Crippen LogP contribution in [0.3, 0.4) is 0 Å². The molecule has 0 unspecified atom stereocenters. The minimum Gasteiger partial charge on any atom is -0.497 e. The average molecular weight is 449 g/mol. The molecule has 2 aromatic carbocycles. The Bertz CT molecular complexity index is 1120. The molecule has 0 saturated carbocycles. The lowest BCUT2D eigenvalue weighted by Crippen LogP contribution is -2.41. The molecule has 0 aliphatic carbocycles. The van der Waals surface area contributed by atoms with E-state index in [9.17, 15) is 9.59 Å². The molecule has 0 spiro atoms. The van der Waals surface area contributed by atoms with Gasteiger partial charge in [-0.3, -0.25) is 9.59 Å². The Balaban J connectivity index is 1.67. The van der Waals surface area contributed by atoms with E-state index in [4.69, 9.17) is 13.9 Å². The summed E-state index contributed by atoms with van der Waals surface area (Å²) in [5.41, 5.74) is 2.77. The van der Waals surface area contributed by atoms with Crippen LogP contribution in [0.25, 0.3) is 6.08 Å². The summed E-state index contributed by atoms with van der Waals surface area (Å²) in [5, 5.41) is 5.53. The number of hydrogen-bond acceptors (Lipinski definition) is 5.